The number of anilines is 2. The summed E-state index contributed by atoms with van der Waals surface area (Å²) in [6, 6.07) is 0. The second-order valence-electron chi connectivity index (χ2n) is 3.53. The van der Waals surface area contributed by atoms with E-state index in [2.05, 4.69) is 20.3 Å². The predicted octanol–water partition coefficient (Wildman–Crippen LogP) is 1.43. The van der Waals surface area contributed by atoms with E-state index in [9.17, 15) is 0 Å². The van der Waals surface area contributed by atoms with Gasteiger partial charge in [-0.05, 0) is 24.9 Å². The van der Waals surface area contributed by atoms with Gasteiger partial charge >= 0.3 is 0 Å². The Hall–Kier alpha value is -1.14. The van der Waals surface area contributed by atoms with E-state index in [0.29, 0.717) is 18.5 Å². The molecule has 1 rings (SSSR count). The van der Waals surface area contributed by atoms with E-state index < -0.39 is 0 Å². The molecule has 6 nitrogen and oxygen atoms in total. The van der Waals surface area contributed by atoms with Gasteiger partial charge in [0.1, 0.15) is 0 Å². The van der Waals surface area contributed by atoms with Crippen molar-refractivity contribution in [3.05, 3.63) is 5.28 Å². The Labute approximate surface area is 106 Å². The van der Waals surface area contributed by atoms with E-state index in [4.69, 9.17) is 16.3 Å². The average molecular weight is 260 g/mol. The molecule has 0 aliphatic heterocycles. The molecule has 0 aromatic carbocycles. The minimum Gasteiger partial charge on any atom is -0.385 e. The lowest BCUT2D eigenvalue weighted by atomic mass is 10.4. The van der Waals surface area contributed by atoms with Gasteiger partial charge in [0.2, 0.25) is 17.2 Å². The van der Waals surface area contributed by atoms with Crippen LogP contribution in [0.25, 0.3) is 0 Å². The molecule has 7 heteroatoms. The third-order valence-electron chi connectivity index (χ3n) is 2.11. The van der Waals surface area contributed by atoms with Crippen molar-refractivity contribution in [2.24, 2.45) is 0 Å². The Morgan fingerprint density at radius 1 is 1.35 bits per heavy atom. The Balaban J connectivity index is 2.67. The molecular weight excluding hydrogens is 242 g/mol. The largest absolute Gasteiger partial charge is 0.385 e. The maximum Gasteiger partial charge on any atom is 0.231 e. The van der Waals surface area contributed by atoms with E-state index in [1.807, 2.05) is 18.9 Å². The van der Waals surface area contributed by atoms with Crippen molar-refractivity contribution in [3.8, 4) is 0 Å². The van der Waals surface area contributed by atoms with Crippen molar-refractivity contribution in [2.45, 2.75) is 13.3 Å². The molecule has 0 bridgehead atoms. The highest BCUT2D eigenvalue weighted by Crippen LogP contribution is 2.12. The van der Waals surface area contributed by atoms with Crippen LogP contribution in [0.5, 0.6) is 0 Å². The van der Waals surface area contributed by atoms with Crippen molar-refractivity contribution in [1.82, 2.24) is 15.0 Å². The van der Waals surface area contributed by atoms with Gasteiger partial charge in [0, 0.05) is 33.9 Å². The van der Waals surface area contributed by atoms with E-state index in [0.717, 1.165) is 19.5 Å². The lowest BCUT2D eigenvalue weighted by Gasteiger charge is -2.17. The van der Waals surface area contributed by atoms with Crippen molar-refractivity contribution in [1.29, 1.82) is 0 Å². The van der Waals surface area contributed by atoms with E-state index in [-0.39, 0.29) is 5.28 Å². The van der Waals surface area contributed by atoms with Crippen LogP contribution in [-0.2, 0) is 4.74 Å². The van der Waals surface area contributed by atoms with Crippen LogP contribution in [0.3, 0.4) is 0 Å². The molecule has 1 N–H and O–H groups in total. The summed E-state index contributed by atoms with van der Waals surface area (Å²) in [5.74, 6) is 1.07. The molecule has 0 fully saturated rings. The lowest BCUT2D eigenvalue weighted by molar-refractivity contribution is 0.196. The van der Waals surface area contributed by atoms with Crippen LogP contribution in [0.4, 0.5) is 11.9 Å². The van der Waals surface area contributed by atoms with Gasteiger partial charge in [-0.3, -0.25) is 0 Å². The predicted molar refractivity (Wildman–Crippen MR) is 68.8 cm³/mol. The summed E-state index contributed by atoms with van der Waals surface area (Å²) in [5, 5.41) is 3.21. The third-order valence-corrected chi connectivity index (χ3v) is 2.28. The topological polar surface area (TPSA) is 63.2 Å². The van der Waals surface area contributed by atoms with Crippen LogP contribution in [0.2, 0.25) is 5.28 Å². The van der Waals surface area contributed by atoms with Gasteiger partial charge in [0.05, 0.1) is 0 Å². The summed E-state index contributed by atoms with van der Waals surface area (Å²) in [7, 11) is 3.60. The molecule has 1 aromatic rings. The summed E-state index contributed by atoms with van der Waals surface area (Å²) in [4.78, 5) is 14.3. The van der Waals surface area contributed by atoms with Gasteiger partial charge in [-0.1, -0.05) is 0 Å². The van der Waals surface area contributed by atoms with Crippen LogP contribution in [0.1, 0.15) is 13.3 Å². The summed E-state index contributed by atoms with van der Waals surface area (Å²) in [6.45, 7) is 4.23. The van der Waals surface area contributed by atoms with Gasteiger partial charge in [-0.25, -0.2) is 0 Å². The van der Waals surface area contributed by atoms with Crippen LogP contribution in [0.15, 0.2) is 0 Å². The quantitative estimate of drug-likeness (QED) is 0.748. The number of methoxy groups -OCH3 is 1. The minimum atomic E-state index is 0.199. The van der Waals surface area contributed by atoms with Crippen LogP contribution in [0, 0.1) is 0 Å². The highest BCUT2D eigenvalue weighted by Gasteiger charge is 2.08. The molecule has 96 valence electrons. The maximum absolute atomic E-state index is 5.84. The molecule has 0 unspecified atom stereocenters. The monoisotopic (exact) mass is 259 g/mol. The number of aromatic nitrogens is 3. The van der Waals surface area contributed by atoms with Gasteiger partial charge in [0.25, 0.3) is 0 Å². The average Bonchev–Trinajstić information content (AvgIpc) is 2.29. The van der Waals surface area contributed by atoms with Crippen LogP contribution < -0.4 is 10.2 Å². The molecule has 0 amide bonds. The van der Waals surface area contributed by atoms with Gasteiger partial charge < -0.3 is 15.0 Å². The Morgan fingerprint density at radius 3 is 2.76 bits per heavy atom. The molecule has 1 heterocycles. The van der Waals surface area contributed by atoms with Crippen molar-refractivity contribution in [2.75, 3.05) is 44.1 Å². The summed E-state index contributed by atoms with van der Waals surface area (Å²) >= 11 is 5.84. The molecule has 0 aliphatic rings. The number of hydrogen-bond donors (Lipinski definition) is 1. The molecule has 0 saturated carbocycles. The van der Waals surface area contributed by atoms with Gasteiger partial charge in [-0.15, -0.1) is 0 Å². The molecule has 17 heavy (non-hydrogen) atoms. The summed E-state index contributed by atoms with van der Waals surface area (Å²) in [5.41, 5.74) is 0. The normalized spacial score (nSPS) is 10.4. The van der Waals surface area contributed by atoms with Gasteiger partial charge in [0.15, 0.2) is 0 Å². The second-order valence-corrected chi connectivity index (χ2v) is 3.86. The van der Waals surface area contributed by atoms with Crippen molar-refractivity contribution >= 4 is 23.5 Å². The third kappa shape index (κ3) is 4.70. The minimum absolute atomic E-state index is 0.199. The molecule has 0 aliphatic carbocycles. The highest BCUT2D eigenvalue weighted by molar-refractivity contribution is 6.28. The van der Waals surface area contributed by atoms with Crippen molar-refractivity contribution in [3.63, 3.8) is 0 Å². The highest BCUT2D eigenvalue weighted by atomic mass is 35.5. The fraction of sp³-hybridized carbons (Fsp3) is 0.700. The zero-order chi connectivity index (χ0) is 12.7. The Kier molecular flexibility index (Phi) is 5.93. The number of nitrogens with zero attached hydrogens (tertiary/aromatic N) is 4. The maximum atomic E-state index is 5.84. The number of ether oxygens (including phenoxy) is 1. The first-order chi connectivity index (χ1) is 8.17. The van der Waals surface area contributed by atoms with E-state index in [1.165, 1.54) is 0 Å². The first-order valence-electron chi connectivity index (χ1n) is 5.53. The number of rotatable bonds is 7. The lowest BCUT2D eigenvalue weighted by Crippen LogP contribution is -2.23. The smallest absolute Gasteiger partial charge is 0.231 e. The first-order valence-corrected chi connectivity index (χ1v) is 5.90. The molecule has 1 aromatic heterocycles. The molecule has 0 saturated heterocycles. The molecule has 0 radical (unpaired) electrons. The van der Waals surface area contributed by atoms with Gasteiger partial charge in [-0.2, -0.15) is 15.0 Å². The summed E-state index contributed by atoms with van der Waals surface area (Å²) in [6.07, 6.45) is 0.910. The zero-order valence-electron chi connectivity index (χ0n) is 10.4. The van der Waals surface area contributed by atoms with Crippen molar-refractivity contribution < 1.29 is 4.74 Å². The first kappa shape index (κ1) is 13.9. The van der Waals surface area contributed by atoms with Crippen LogP contribution in [-0.4, -0.2) is 48.8 Å². The fourth-order valence-electron chi connectivity index (χ4n) is 1.29. The van der Waals surface area contributed by atoms with E-state index >= 15 is 0 Å². The number of halogens is 1. The fourth-order valence-corrected chi connectivity index (χ4v) is 1.45. The standard InChI is InChI=1S/C10H18ClN5O/c1-4-12-9-13-8(11)14-10(15-9)16(2)6-5-7-17-3/h4-7H2,1-3H3,(H,12,13,14,15). The Bertz CT molecular complexity index is 349. The number of hydrogen-bond acceptors (Lipinski definition) is 6. The Morgan fingerprint density at radius 2 is 2.12 bits per heavy atom. The molecule has 0 spiro atoms. The van der Waals surface area contributed by atoms with E-state index in [1.54, 1.807) is 7.11 Å². The van der Waals surface area contributed by atoms with Crippen LogP contribution >= 0.6 is 11.6 Å². The molecular formula is C10H18ClN5O. The number of nitrogens with one attached hydrogen (secondary N) is 1. The molecule has 0 atom stereocenters. The second kappa shape index (κ2) is 7.24. The SMILES string of the molecule is CCNc1nc(Cl)nc(N(C)CCCOC)n1. The zero-order valence-corrected chi connectivity index (χ0v) is 11.2. The summed E-state index contributed by atoms with van der Waals surface area (Å²) < 4.78 is 5.00.